The van der Waals surface area contributed by atoms with E-state index in [1.54, 1.807) is 12.7 Å². The molecular formula is C17H24N4O. The molecule has 2 atom stereocenters. The zero-order chi connectivity index (χ0) is 15.2. The molecule has 5 heteroatoms. The molecule has 0 radical (unpaired) electrons. The van der Waals surface area contributed by atoms with Gasteiger partial charge in [0, 0.05) is 19.3 Å². The number of aromatic nitrogens is 3. The van der Waals surface area contributed by atoms with E-state index in [0.29, 0.717) is 12.0 Å². The number of rotatable bonds is 6. The van der Waals surface area contributed by atoms with Gasteiger partial charge in [0.15, 0.2) is 0 Å². The molecule has 0 spiro atoms. The Labute approximate surface area is 131 Å². The van der Waals surface area contributed by atoms with Gasteiger partial charge in [0.05, 0.1) is 12.6 Å². The highest BCUT2D eigenvalue weighted by atomic mass is 16.5. The van der Waals surface area contributed by atoms with E-state index >= 15 is 0 Å². The van der Waals surface area contributed by atoms with Crippen LogP contribution in [-0.2, 0) is 11.3 Å². The number of nitrogens with one attached hydrogen (secondary N) is 1. The van der Waals surface area contributed by atoms with Gasteiger partial charge in [0.1, 0.15) is 12.7 Å². The van der Waals surface area contributed by atoms with Crippen LogP contribution < -0.4 is 5.32 Å². The van der Waals surface area contributed by atoms with Crippen LogP contribution in [0.4, 0.5) is 0 Å². The smallest absolute Gasteiger partial charge is 0.137 e. The third-order valence-corrected chi connectivity index (χ3v) is 4.48. The van der Waals surface area contributed by atoms with Crippen molar-refractivity contribution in [1.29, 1.82) is 0 Å². The van der Waals surface area contributed by atoms with Crippen LogP contribution in [0.2, 0.25) is 0 Å². The summed E-state index contributed by atoms with van der Waals surface area (Å²) in [6.45, 7) is 4.84. The summed E-state index contributed by atoms with van der Waals surface area (Å²) < 4.78 is 7.36. The summed E-state index contributed by atoms with van der Waals surface area (Å²) in [6, 6.07) is 11.3. The highest BCUT2D eigenvalue weighted by Crippen LogP contribution is 2.22. The maximum Gasteiger partial charge on any atom is 0.137 e. The van der Waals surface area contributed by atoms with E-state index in [2.05, 4.69) is 52.7 Å². The van der Waals surface area contributed by atoms with Gasteiger partial charge in [-0.1, -0.05) is 30.3 Å². The van der Waals surface area contributed by atoms with Crippen molar-refractivity contribution in [2.75, 3.05) is 13.2 Å². The molecule has 0 amide bonds. The van der Waals surface area contributed by atoms with E-state index in [1.165, 1.54) is 5.56 Å². The highest BCUT2D eigenvalue weighted by molar-refractivity contribution is 5.19. The van der Waals surface area contributed by atoms with Crippen molar-refractivity contribution in [3.05, 3.63) is 48.5 Å². The van der Waals surface area contributed by atoms with Gasteiger partial charge in [-0.25, -0.2) is 4.98 Å². The summed E-state index contributed by atoms with van der Waals surface area (Å²) >= 11 is 0. The first-order chi connectivity index (χ1) is 10.8. The van der Waals surface area contributed by atoms with E-state index in [1.807, 2.05) is 4.68 Å². The first-order valence-electron chi connectivity index (χ1n) is 8.04. The average molecular weight is 300 g/mol. The first kappa shape index (κ1) is 15.2. The Bertz CT molecular complexity index is 537. The lowest BCUT2D eigenvalue weighted by Gasteiger charge is -2.32. The second-order valence-corrected chi connectivity index (χ2v) is 5.99. The Kier molecular flexibility index (Phi) is 5.19. The van der Waals surface area contributed by atoms with Crippen LogP contribution in [-0.4, -0.2) is 34.0 Å². The Morgan fingerprint density at radius 1 is 1.27 bits per heavy atom. The minimum atomic E-state index is 0.237. The van der Waals surface area contributed by atoms with Gasteiger partial charge < -0.3 is 10.1 Å². The standard InChI is InChI=1S/C17H24N4O/c1-14(15-7-9-22-10-8-15)20-17(11-21-13-18-12-19-21)16-5-3-2-4-6-16/h2-6,12-15,17,20H,7-11H2,1H3/t14-,17+/m0/s1. The molecule has 0 aliphatic carbocycles. The molecule has 0 unspecified atom stereocenters. The van der Waals surface area contributed by atoms with Crippen molar-refractivity contribution >= 4 is 0 Å². The minimum Gasteiger partial charge on any atom is -0.381 e. The summed E-state index contributed by atoms with van der Waals surface area (Å²) in [6.07, 6.45) is 5.64. The SMILES string of the molecule is C[C@H](N[C@H](Cn1cncn1)c1ccccc1)C1CCOCC1. The van der Waals surface area contributed by atoms with Crippen LogP contribution in [0.3, 0.4) is 0 Å². The molecule has 1 fully saturated rings. The van der Waals surface area contributed by atoms with Crippen molar-refractivity contribution in [2.24, 2.45) is 5.92 Å². The molecule has 1 saturated heterocycles. The molecule has 3 rings (SSSR count). The molecular weight excluding hydrogens is 276 g/mol. The van der Waals surface area contributed by atoms with Crippen LogP contribution in [0.25, 0.3) is 0 Å². The lowest BCUT2D eigenvalue weighted by Crippen LogP contribution is -2.40. The van der Waals surface area contributed by atoms with Crippen LogP contribution in [0.15, 0.2) is 43.0 Å². The molecule has 2 aromatic rings. The lowest BCUT2D eigenvalue weighted by atomic mass is 9.91. The molecule has 1 aromatic carbocycles. The summed E-state index contributed by atoms with van der Waals surface area (Å²) in [5.74, 6) is 0.677. The fraction of sp³-hybridized carbons (Fsp3) is 0.529. The molecule has 1 aliphatic heterocycles. The maximum absolute atomic E-state index is 5.47. The highest BCUT2D eigenvalue weighted by Gasteiger charge is 2.23. The second-order valence-electron chi connectivity index (χ2n) is 5.99. The van der Waals surface area contributed by atoms with Crippen molar-refractivity contribution in [2.45, 2.75) is 38.4 Å². The normalized spacial score (nSPS) is 19.0. The number of benzene rings is 1. The molecule has 22 heavy (non-hydrogen) atoms. The Morgan fingerprint density at radius 3 is 2.73 bits per heavy atom. The quantitative estimate of drug-likeness (QED) is 0.890. The third-order valence-electron chi connectivity index (χ3n) is 4.48. The second kappa shape index (κ2) is 7.51. The van der Waals surface area contributed by atoms with Crippen LogP contribution in [0.1, 0.15) is 31.4 Å². The predicted molar refractivity (Wildman–Crippen MR) is 85.3 cm³/mol. The summed E-state index contributed by atoms with van der Waals surface area (Å²) in [4.78, 5) is 4.05. The third kappa shape index (κ3) is 3.93. The van der Waals surface area contributed by atoms with E-state index in [-0.39, 0.29) is 6.04 Å². The maximum atomic E-state index is 5.47. The van der Waals surface area contributed by atoms with Gasteiger partial charge in [-0.05, 0) is 31.2 Å². The molecule has 1 aliphatic rings. The van der Waals surface area contributed by atoms with Gasteiger partial charge in [-0.15, -0.1) is 0 Å². The number of ether oxygens (including phenoxy) is 1. The molecule has 5 nitrogen and oxygen atoms in total. The van der Waals surface area contributed by atoms with E-state index < -0.39 is 0 Å². The molecule has 0 saturated carbocycles. The zero-order valence-electron chi connectivity index (χ0n) is 13.1. The fourth-order valence-corrected chi connectivity index (χ4v) is 3.12. The van der Waals surface area contributed by atoms with E-state index in [4.69, 9.17) is 4.74 Å². The number of nitrogens with zero attached hydrogens (tertiary/aromatic N) is 3. The minimum absolute atomic E-state index is 0.237. The molecule has 1 N–H and O–H groups in total. The van der Waals surface area contributed by atoms with Gasteiger partial charge in [-0.2, -0.15) is 5.10 Å². The van der Waals surface area contributed by atoms with Gasteiger partial charge in [0.2, 0.25) is 0 Å². The predicted octanol–water partition coefficient (Wildman–Crippen LogP) is 2.42. The van der Waals surface area contributed by atoms with Crippen molar-refractivity contribution in [3.8, 4) is 0 Å². The molecule has 118 valence electrons. The van der Waals surface area contributed by atoms with Crippen LogP contribution in [0.5, 0.6) is 0 Å². The lowest BCUT2D eigenvalue weighted by molar-refractivity contribution is 0.0539. The van der Waals surface area contributed by atoms with E-state index in [9.17, 15) is 0 Å². The Hall–Kier alpha value is -1.72. The number of hydrogen-bond donors (Lipinski definition) is 1. The zero-order valence-corrected chi connectivity index (χ0v) is 13.1. The van der Waals surface area contributed by atoms with Crippen LogP contribution in [0, 0.1) is 5.92 Å². The Morgan fingerprint density at radius 2 is 2.05 bits per heavy atom. The molecule has 2 heterocycles. The molecule has 0 bridgehead atoms. The average Bonchev–Trinajstić information content (AvgIpc) is 3.09. The summed E-state index contributed by atoms with van der Waals surface area (Å²) in [5, 5.41) is 8.04. The Balaban J connectivity index is 1.70. The molecule has 1 aromatic heterocycles. The number of hydrogen-bond acceptors (Lipinski definition) is 4. The monoisotopic (exact) mass is 300 g/mol. The first-order valence-corrected chi connectivity index (χ1v) is 8.04. The van der Waals surface area contributed by atoms with Crippen molar-refractivity contribution in [1.82, 2.24) is 20.1 Å². The van der Waals surface area contributed by atoms with Gasteiger partial charge in [-0.3, -0.25) is 4.68 Å². The van der Waals surface area contributed by atoms with E-state index in [0.717, 1.165) is 32.6 Å². The largest absolute Gasteiger partial charge is 0.381 e. The van der Waals surface area contributed by atoms with Gasteiger partial charge >= 0.3 is 0 Å². The van der Waals surface area contributed by atoms with Crippen molar-refractivity contribution < 1.29 is 4.74 Å². The topological polar surface area (TPSA) is 52.0 Å². The van der Waals surface area contributed by atoms with Crippen LogP contribution >= 0.6 is 0 Å². The fourth-order valence-electron chi connectivity index (χ4n) is 3.12. The van der Waals surface area contributed by atoms with Crippen molar-refractivity contribution in [3.63, 3.8) is 0 Å². The summed E-state index contributed by atoms with van der Waals surface area (Å²) in [5.41, 5.74) is 1.29. The summed E-state index contributed by atoms with van der Waals surface area (Å²) in [7, 11) is 0. The van der Waals surface area contributed by atoms with Gasteiger partial charge in [0.25, 0.3) is 0 Å².